The van der Waals surface area contributed by atoms with E-state index in [1.165, 1.54) is 28.8 Å². The van der Waals surface area contributed by atoms with E-state index in [1.807, 2.05) is 0 Å². The van der Waals surface area contributed by atoms with Gasteiger partial charge in [-0.15, -0.1) is 0 Å². The zero-order chi connectivity index (χ0) is 24.2. The number of aryl methyl sites for hydroxylation is 1. The van der Waals surface area contributed by atoms with E-state index in [0.29, 0.717) is 46.9 Å². The fourth-order valence-corrected chi connectivity index (χ4v) is 4.28. The molecule has 2 aromatic carbocycles. The van der Waals surface area contributed by atoms with Crippen molar-refractivity contribution in [3.8, 4) is 5.69 Å². The van der Waals surface area contributed by atoms with Crippen LogP contribution in [0.25, 0.3) is 16.8 Å². The van der Waals surface area contributed by atoms with E-state index in [4.69, 9.17) is 4.42 Å². The summed E-state index contributed by atoms with van der Waals surface area (Å²) in [4.78, 5) is 5.41. The van der Waals surface area contributed by atoms with Crippen molar-refractivity contribution in [3.63, 3.8) is 0 Å². The molecule has 2 aromatic heterocycles. The number of aromatic nitrogens is 3. The number of anilines is 1. The van der Waals surface area contributed by atoms with Crippen LogP contribution in [0.4, 0.5) is 23.2 Å². The lowest BCUT2D eigenvalue weighted by molar-refractivity contribution is -0.142. The van der Waals surface area contributed by atoms with Crippen molar-refractivity contribution in [2.24, 2.45) is 0 Å². The van der Waals surface area contributed by atoms with Gasteiger partial charge in [0.2, 0.25) is 0 Å². The number of oxazole rings is 1. The summed E-state index contributed by atoms with van der Waals surface area (Å²) in [7, 11) is 1.51. The zero-order valence-corrected chi connectivity index (χ0v) is 18.3. The van der Waals surface area contributed by atoms with Crippen LogP contribution >= 0.6 is 0 Å². The van der Waals surface area contributed by atoms with Gasteiger partial charge in [-0.05, 0) is 12.1 Å². The van der Waals surface area contributed by atoms with Gasteiger partial charge in [-0.25, -0.2) is 14.1 Å². The van der Waals surface area contributed by atoms with Crippen molar-refractivity contribution in [1.29, 1.82) is 0 Å². The molecule has 0 saturated carbocycles. The van der Waals surface area contributed by atoms with Crippen LogP contribution in [0.15, 0.2) is 40.8 Å². The summed E-state index contributed by atoms with van der Waals surface area (Å²) in [6, 6.07) is 9.07. The van der Waals surface area contributed by atoms with Gasteiger partial charge in [0.05, 0.1) is 17.1 Å². The molecule has 0 amide bonds. The largest absolute Gasteiger partial charge is 0.441 e. The Kier molecular flexibility index (Phi) is 5.33. The molecule has 5 rings (SSSR count). The van der Waals surface area contributed by atoms with E-state index >= 15 is 0 Å². The second-order valence-corrected chi connectivity index (χ2v) is 8.19. The van der Waals surface area contributed by atoms with Crippen molar-refractivity contribution in [1.82, 2.24) is 20.1 Å². The Morgan fingerprint density at radius 2 is 2.03 bits per heavy atom. The van der Waals surface area contributed by atoms with Crippen molar-refractivity contribution in [2.45, 2.75) is 32.3 Å². The fraction of sp³-hybridized carbons (Fsp3) is 0.304. The number of aliphatic hydroxyl groups is 1. The van der Waals surface area contributed by atoms with Crippen molar-refractivity contribution in [2.75, 3.05) is 18.5 Å². The minimum atomic E-state index is -4.58. The summed E-state index contributed by atoms with van der Waals surface area (Å²) in [6.07, 6.45) is -5.49. The number of halogens is 4. The highest BCUT2D eigenvalue weighted by atomic mass is 19.4. The Balaban J connectivity index is 1.52. The van der Waals surface area contributed by atoms with E-state index < -0.39 is 23.9 Å². The Morgan fingerprint density at radius 3 is 2.79 bits per heavy atom. The second-order valence-electron chi connectivity index (χ2n) is 8.19. The number of aliphatic hydroxyl groups excluding tert-OH is 1. The lowest BCUT2D eigenvalue weighted by Crippen LogP contribution is -2.26. The van der Waals surface area contributed by atoms with Crippen LogP contribution in [0.5, 0.6) is 0 Å². The third-order valence-electron chi connectivity index (χ3n) is 5.92. The van der Waals surface area contributed by atoms with Gasteiger partial charge in [0, 0.05) is 56.7 Å². The van der Waals surface area contributed by atoms with E-state index in [0.717, 1.165) is 0 Å². The molecule has 1 atom stereocenters. The van der Waals surface area contributed by atoms with Crippen LogP contribution in [0.1, 0.15) is 34.6 Å². The first kappa shape index (κ1) is 22.4. The molecule has 1 aliphatic rings. The highest BCUT2D eigenvalue weighted by Crippen LogP contribution is 2.35. The van der Waals surface area contributed by atoms with Crippen LogP contribution in [-0.2, 0) is 19.1 Å². The van der Waals surface area contributed by atoms with Crippen molar-refractivity contribution < 1.29 is 27.1 Å². The highest BCUT2D eigenvalue weighted by molar-refractivity contribution is 5.78. The van der Waals surface area contributed by atoms with Gasteiger partial charge < -0.3 is 19.7 Å². The molecule has 1 aliphatic heterocycles. The number of hydrogen-bond donors (Lipinski definition) is 2. The van der Waals surface area contributed by atoms with Gasteiger partial charge in [-0.2, -0.15) is 18.3 Å². The molecule has 0 spiro atoms. The molecule has 3 heterocycles. The molecule has 0 aliphatic carbocycles. The van der Waals surface area contributed by atoms with E-state index in [-0.39, 0.29) is 17.8 Å². The Bertz CT molecular complexity index is 1380. The molecule has 11 heteroatoms. The Morgan fingerprint density at radius 1 is 1.24 bits per heavy atom. The summed E-state index contributed by atoms with van der Waals surface area (Å²) in [6.45, 7) is 2.26. The molecular formula is C23H21F4N5O2. The van der Waals surface area contributed by atoms with Crippen LogP contribution < -0.4 is 10.2 Å². The molecule has 2 N–H and O–H groups in total. The van der Waals surface area contributed by atoms with Crippen LogP contribution in [0.2, 0.25) is 0 Å². The van der Waals surface area contributed by atoms with Gasteiger partial charge in [0.1, 0.15) is 11.3 Å². The summed E-state index contributed by atoms with van der Waals surface area (Å²) < 4.78 is 62.2. The van der Waals surface area contributed by atoms with Crippen LogP contribution in [0, 0.1) is 12.7 Å². The highest BCUT2D eigenvalue weighted by Gasteiger charge is 2.39. The topological polar surface area (TPSA) is 79.3 Å². The van der Waals surface area contributed by atoms with Gasteiger partial charge in [0.15, 0.2) is 23.4 Å². The molecule has 1 unspecified atom stereocenters. The summed E-state index contributed by atoms with van der Waals surface area (Å²) in [5.74, 6) is -0.208. The Hall–Kier alpha value is -3.44. The number of nitrogens with zero attached hydrogens (tertiary/aromatic N) is 4. The molecule has 0 fully saturated rings. The van der Waals surface area contributed by atoms with E-state index in [9.17, 15) is 22.7 Å². The Labute approximate surface area is 191 Å². The van der Waals surface area contributed by atoms with Gasteiger partial charge in [0.25, 0.3) is 0 Å². The molecule has 178 valence electrons. The predicted octanol–water partition coefficient (Wildman–Crippen LogP) is 4.25. The molecule has 4 aromatic rings. The third kappa shape index (κ3) is 3.80. The fourth-order valence-electron chi connectivity index (χ4n) is 4.28. The van der Waals surface area contributed by atoms with E-state index in [2.05, 4.69) is 15.4 Å². The van der Waals surface area contributed by atoms with Gasteiger partial charge >= 0.3 is 6.18 Å². The lowest BCUT2D eigenvalue weighted by atomic mass is 10.1. The molecule has 0 radical (unpaired) electrons. The third-order valence-corrected chi connectivity index (χ3v) is 5.92. The minimum Gasteiger partial charge on any atom is -0.441 e. The average Bonchev–Trinajstić information content (AvgIpc) is 3.37. The summed E-state index contributed by atoms with van der Waals surface area (Å²) in [5.41, 5.74) is 1.24. The lowest BCUT2D eigenvalue weighted by Gasteiger charge is -2.26. The van der Waals surface area contributed by atoms with Crippen LogP contribution in [0.3, 0.4) is 0 Å². The second kappa shape index (κ2) is 8.10. The quantitative estimate of drug-likeness (QED) is 0.339. The molecule has 34 heavy (non-hydrogen) atoms. The maximum absolute atomic E-state index is 14.7. The monoisotopic (exact) mass is 475 g/mol. The first-order valence-corrected chi connectivity index (χ1v) is 10.6. The van der Waals surface area contributed by atoms with Gasteiger partial charge in [-0.3, -0.25) is 0 Å². The maximum atomic E-state index is 14.7. The molecule has 7 nitrogen and oxygen atoms in total. The van der Waals surface area contributed by atoms with E-state index in [1.54, 1.807) is 31.2 Å². The standard InChI is InChI=1S/C23H21F4N5O2/c1-12-29-17-9-16(24)19(10-20(17)34-12)31(2)22(33)13-4-3-5-14(8-13)32-18-6-7-28-11-15(18)21(30-32)23(25,26)27/h3-5,8-10,22,28,33H,6-7,11H2,1-2H3. The van der Waals surface area contributed by atoms with Crippen LogP contribution in [-0.4, -0.2) is 33.5 Å². The first-order chi connectivity index (χ1) is 16.1. The number of rotatable bonds is 4. The average molecular weight is 475 g/mol. The number of hydrogen-bond acceptors (Lipinski definition) is 6. The summed E-state index contributed by atoms with van der Waals surface area (Å²) in [5, 5.41) is 17.8. The normalized spacial score (nSPS) is 14.9. The predicted molar refractivity (Wildman–Crippen MR) is 116 cm³/mol. The zero-order valence-electron chi connectivity index (χ0n) is 18.3. The minimum absolute atomic E-state index is 0.0814. The number of fused-ring (bicyclic) bond motifs is 2. The molecular weight excluding hydrogens is 454 g/mol. The smallest absolute Gasteiger partial charge is 0.435 e. The maximum Gasteiger partial charge on any atom is 0.435 e. The molecule has 0 bridgehead atoms. The number of benzene rings is 2. The molecule has 0 saturated heterocycles. The summed E-state index contributed by atoms with van der Waals surface area (Å²) >= 11 is 0. The number of nitrogens with one attached hydrogen (secondary N) is 1. The SMILES string of the molecule is Cc1nc2cc(F)c(N(C)C(O)c3cccc(-n4nc(C(F)(F)F)c5c4CCNC5)c3)cc2o1. The number of alkyl halides is 3. The van der Waals surface area contributed by atoms with Crippen molar-refractivity contribution >= 4 is 16.8 Å². The first-order valence-electron chi connectivity index (χ1n) is 10.6. The van der Waals surface area contributed by atoms with Crippen molar-refractivity contribution in [3.05, 3.63) is 70.6 Å². The van der Waals surface area contributed by atoms with Gasteiger partial charge in [-0.1, -0.05) is 12.1 Å².